The first-order chi connectivity index (χ1) is 8.52. The Morgan fingerprint density at radius 2 is 2.28 bits per heavy atom. The van der Waals surface area contributed by atoms with Crippen LogP contribution in [0.25, 0.3) is 0 Å². The van der Waals surface area contributed by atoms with Gasteiger partial charge in [-0.3, -0.25) is 14.9 Å². The number of halogens is 1. The third-order valence-corrected chi connectivity index (χ3v) is 2.90. The van der Waals surface area contributed by atoms with Crippen molar-refractivity contribution in [1.29, 1.82) is 0 Å². The van der Waals surface area contributed by atoms with Gasteiger partial charge in [-0.1, -0.05) is 0 Å². The van der Waals surface area contributed by atoms with Gasteiger partial charge in [0.15, 0.2) is 5.82 Å². The Morgan fingerprint density at radius 3 is 2.78 bits per heavy atom. The predicted octanol–water partition coefficient (Wildman–Crippen LogP) is 1.08. The summed E-state index contributed by atoms with van der Waals surface area (Å²) in [5, 5.41) is 19.4. The zero-order valence-corrected chi connectivity index (χ0v) is 9.38. The van der Waals surface area contributed by atoms with Gasteiger partial charge in [-0.2, -0.15) is 0 Å². The molecule has 1 N–H and O–H groups in total. The molecule has 1 aliphatic rings. The monoisotopic (exact) mass is 254 g/mol. The Bertz CT molecular complexity index is 506. The molecule has 1 saturated heterocycles. The number of nitro benzene ring substituents is 1. The minimum Gasteiger partial charge on any atom is -0.396 e. The van der Waals surface area contributed by atoms with Crippen LogP contribution in [0, 0.1) is 21.8 Å². The number of aliphatic hydroxyl groups is 1. The molecule has 0 aromatic heterocycles. The smallest absolute Gasteiger partial charge is 0.272 e. The molecule has 2 rings (SSSR count). The Labute approximate surface area is 102 Å². The van der Waals surface area contributed by atoms with Crippen molar-refractivity contribution in [2.45, 2.75) is 6.42 Å². The molecule has 1 atom stereocenters. The first-order valence-corrected chi connectivity index (χ1v) is 5.38. The van der Waals surface area contributed by atoms with Crippen molar-refractivity contribution in [3.63, 3.8) is 0 Å². The molecular weight excluding hydrogens is 243 g/mol. The Hall–Kier alpha value is -2.02. The lowest BCUT2D eigenvalue weighted by Crippen LogP contribution is -2.25. The highest BCUT2D eigenvalue weighted by Crippen LogP contribution is 2.29. The summed E-state index contributed by atoms with van der Waals surface area (Å²) in [7, 11) is 0. The topological polar surface area (TPSA) is 83.7 Å². The number of nitrogens with zero attached hydrogens (tertiary/aromatic N) is 2. The van der Waals surface area contributed by atoms with Crippen molar-refractivity contribution in [1.82, 2.24) is 0 Å². The first-order valence-electron chi connectivity index (χ1n) is 5.38. The summed E-state index contributed by atoms with van der Waals surface area (Å²) in [5.74, 6) is -1.31. The fourth-order valence-electron chi connectivity index (χ4n) is 1.96. The molecule has 0 saturated carbocycles. The second-order valence-electron chi connectivity index (χ2n) is 4.15. The van der Waals surface area contributed by atoms with Gasteiger partial charge in [0.1, 0.15) is 0 Å². The van der Waals surface area contributed by atoms with E-state index in [1.54, 1.807) is 0 Å². The van der Waals surface area contributed by atoms with E-state index in [4.69, 9.17) is 5.11 Å². The van der Waals surface area contributed by atoms with Gasteiger partial charge in [-0.25, -0.2) is 4.39 Å². The van der Waals surface area contributed by atoms with Crippen LogP contribution in [0.15, 0.2) is 18.2 Å². The fourth-order valence-corrected chi connectivity index (χ4v) is 1.96. The van der Waals surface area contributed by atoms with E-state index in [1.165, 1.54) is 11.0 Å². The molecule has 1 fully saturated rings. The lowest BCUT2D eigenvalue weighted by atomic mass is 10.1. The summed E-state index contributed by atoms with van der Waals surface area (Å²) < 4.78 is 13.7. The lowest BCUT2D eigenvalue weighted by Gasteiger charge is -2.16. The molecular formula is C11H11FN2O4. The largest absolute Gasteiger partial charge is 0.396 e. The molecule has 1 aromatic carbocycles. The van der Waals surface area contributed by atoms with E-state index in [-0.39, 0.29) is 42.8 Å². The molecule has 0 aliphatic carbocycles. The van der Waals surface area contributed by atoms with Gasteiger partial charge in [0.25, 0.3) is 5.69 Å². The average Bonchev–Trinajstić information content (AvgIpc) is 2.70. The van der Waals surface area contributed by atoms with Crippen LogP contribution in [0.2, 0.25) is 0 Å². The van der Waals surface area contributed by atoms with E-state index in [1.807, 2.05) is 0 Å². The Balaban J connectivity index is 2.29. The molecule has 1 aromatic rings. The van der Waals surface area contributed by atoms with Crippen molar-refractivity contribution in [3.8, 4) is 0 Å². The van der Waals surface area contributed by atoms with Gasteiger partial charge in [0, 0.05) is 31.6 Å². The van der Waals surface area contributed by atoms with Gasteiger partial charge in [-0.15, -0.1) is 0 Å². The summed E-state index contributed by atoms with van der Waals surface area (Å²) in [5.41, 5.74) is -0.344. The highest BCUT2D eigenvalue weighted by atomic mass is 19.1. The number of rotatable bonds is 3. The average molecular weight is 254 g/mol. The second kappa shape index (κ2) is 4.69. The van der Waals surface area contributed by atoms with E-state index in [0.717, 1.165) is 12.1 Å². The minimum atomic E-state index is -0.809. The van der Waals surface area contributed by atoms with Crippen LogP contribution < -0.4 is 4.90 Å². The lowest BCUT2D eigenvalue weighted by molar-refractivity contribution is -0.385. The maximum absolute atomic E-state index is 13.7. The van der Waals surface area contributed by atoms with Crippen LogP contribution in [0.4, 0.5) is 15.8 Å². The number of carbonyl (C=O) groups is 1. The maximum Gasteiger partial charge on any atom is 0.272 e. The summed E-state index contributed by atoms with van der Waals surface area (Å²) in [6, 6.07) is 3.15. The third kappa shape index (κ3) is 2.17. The van der Waals surface area contributed by atoms with Crippen LogP contribution >= 0.6 is 0 Å². The standard InChI is InChI=1S/C11H11FN2O4/c12-9-4-8(14(17)18)1-2-10(9)13-5-7(6-15)3-11(13)16/h1-2,4,7,15H,3,5-6H2. The van der Waals surface area contributed by atoms with Gasteiger partial charge in [0.2, 0.25) is 5.91 Å². The number of aliphatic hydroxyl groups excluding tert-OH is 1. The summed E-state index contributed by atoms with van der Waals surface area (Å²) in [6.07, 6.45) is 0.160. The number of non-ortho nitro benzene ring substituents is 1. The highest BCUT2D eigenvalue weighted by Gasteiger charge is 2.31. The molecule has 7 heteroatoms. The van der Waals surface area contributed by atoms with Crippen LogP contribution in [0.1, 0.15) is 6.42 Å². The van der Waals surface area contributed by atoms with E-state index in [9.17, 15) is 19.3 Å². The number of anilines is 1. The van der Waals surface area contributed by atoms with Crippen LogP contribution in [-0.4, -0.2) is 29.1 Å². The molecule has 96 valence electrons. The van der Waals surface area contributed by atoms with Gasteiger partial charge in [0.05, 0.1) is 16.7 Å². The van der Waals surface area contributed by atoms with Crippen molar-refractivity contribution >= 4 is 17.3 Å². The number of hydrogen-bond acceptors (Lipinski definition) is 4. The third-order valence-electron chi connectivity index (χ3n) is 2.90. The van der Waals surface area contributed by atoms with Crippen molar-refractivity contribution < 1.29 is 19.2 Å². The first kappa shape index (κ1) is 12.4. The van der Waals surface area contributed by atoms with Crippen LogP contribution in [0.3, 0.4) is 0 Å². The van der Waals surface area contributed by atoms with Gasteiger partial charge >= 0.3 is 0 Å². The van der Waals surface area contributed by atoms with E-state index < -0.39 is 10.7 Å². The van der Waals surface area contributed by atoms with Crippen LogP contribution in [0.5, 0.6) is 0 Å². The minimum absolute atomic E-state index is 0.0153. The van der Waals surface area contributed by atoms with E-state index in [2.05, 4.69) is 0 Å². The van der Waals surface area contributed by atoms with Gasteiger partial charge < -0.3 is 10.0 Å². The van der Waals surface area contributed by atoms with Crippen molar-refractivity contribution in [2.24, 2.45) is 5.92 Å². The summed E-state index contributed by atoms with van der Waals surface area (Å²) in [4.78, 5) is 22.6. The molecule has 1 heterocycles. The predicted molar refractivity (Wildman–Crippen MR) is 60.6 cm³/mol. The molecule has 1 unspecified atom stereocenters. The Morgan fingerprint density at radius 1 is 1.56 bits per heavy atom. The summed E-state index contributed by atoms with van der Waals surface area (Å²) in [6.45, 7) is 0.0842. The zero-order chi connectivity index (χ0) is 13.3. The molecule has 1 aliphatic heterocycles. The fraction of sp³-hybridized carbons (Fsp3) is 0.364. The van der Waals surface area contributed by atoms with Crippen LogP contribution in [-0.2, 0) is 4.79 Å². The number of carbonyl (C=O) groups excluding carboxylic acids is 1. The number of hydrogen-bond donors (Lipinski definition) is 1. The molecule has 0 spiro atoms. The number of benzene rings is 1. The van der Waals surface area contributed by atoms with Crippen molar-refractivity contribution in [2.75, 3.05) is 18.1 Å². The second-order valence-corrected chi connectivity index (χ2v) is 4.15. The summed E-state index contributed by atoms with van der Waals surface area (Å²) >= 11 is 0. The van der Waals surface area contributed by atoms with E-state index in [0.29, 0.717) is 0 Å². The molecule has 6 nitrogen and oxygen atoms in total. The normalized spacial score (nSPS) is 19.3. The van der Waals surface area contributed by atoms with Crippen molar-refractivity contribution in [3.05, 3.63) is 34.1 Å². The Kier molecular flexibility index (Phi) is 3.24. The molecule has 0 radical (unpaired) electrons. The maximum atomic E-state index is 13.7. The molecule has 1 amide bonds. The SMILES string of the molecule is O=C1CC(CO)CN1c1ccc([N+](=O)[O-])cc1F. The molecule has 18 heavy (non-hydrogen) atoms. The quantitative estimate of drug-likeness (QED) is 0.646. The number of amides is 1. The molecule has 0 bridgehead atoms. The van der Waals surface area contributed by atoms with Gasteiger partial charge in [-0.05, 0) is 6.07 Å². The number of nitro groups is 1. The zero-order valence-electron chi connectivity index (χ0n) is 9.38. The van der Waals surface area contributed by atoms with E-state index >= 15 is 0 Å². The highest BCUT2D eigenvalue weighted by molar-refractivity contribution is 5.95.